The van der Waals surface area contributed by atoms with Gasteiger partial charge in [0.2, 0.25) is 0 Å². The minimum absolute atomic E-state index is 0.162. The van der Waals surface area contributed by atoms with Crippen LogP contribution in [0.3, 0.4) is 0 Å². The molecule has 0 spiro atoms. The second-order valence-corrected chi connectivity index (χ2v) is 5.59. The highest BCUT2D eigenvalue weighted by atomic mass is 19.1. The van der Waals surface area contributed by atoms with Gasteiger partial charge in [-0.2, -0.15) is 0 Å². The molecule has 1 aromatic carbocycles. The number of piperidine rings is 1. The van der Waals surface area contributed by atoms with Gasteiger partial charge >= 0.3 is 0 Å². The fourth-order valence-corrected chi connectivity index (χ4v) is 2.54. The number of rotatable bonds is 5. The van der Waals surface area contributed by atoms with Crippen LogP contribution in [0.1, 0.15) is 19.3 Å². The minimum atomic E-state index is -0.162. The van der Waals surface area contributed by atoms with Gasteiger partial charge in [-0.1, -0.05) is 26.1 Å². The van der Waals surface area contributed by atoms with Crippen LogP contribution in [0, 0.1) is 5.82 Å². The molecule has 1 aliphatic heterocycles. The van der Waals surface area contributed by atoms with Gasteiger partial charge in [-0.15, -0.1) is 0 Å². The molecule has 1 fully saturated rings. The van der Waals surface area contributed by atoms with Crippen molar-refractivity contribution < 1.29 is 9.13 Å². The van der Waals surface area contributed by atoms with Crippen molar-refractivity contribution in [1.82, 2.24) is 4.90 Å². The van der Waals surface area contributed by atoms with Crippen molar-refractivity contribution in [2.24, 2.45) is 0 Å². The molecule has 104 valence electrons. The van der Waals surface area contributed by atoms with Gasteiger partial charge in [-0.3, -0.25) is 4.90 Å². The third-order valence-electron chi connectivity index (χ3n) is 3.72. The Balaban J connectivity index is 1.81. The summed E-state index contributed by atoms with van der Waals surface area (Å²) in [6.45, 7) is 8.12. The monoisotopic (exact) mass is 263 g/mol. The summed E-state index contributed by atoms with van der Waals surface area (Å²) in [7, 11) is 0. The molecule has 0 aromatic heterocycles. The van der Waals surface area contributed by atoms with E-state index >= 15 is 0 Å². The van der Waals surface area contributed by atoms with Gasteiger partial charge in [0.15, 0.2) is 6.71 Å². The van der Waals surface area contributed by atoms with E-state index in [0.29, 0.717) is 12.4 Å². The number of benzene rings is 1. The van der Waals surface area contributed by atoms with Crippen LogP contribution >= 0.6 is 0 Å². The Bertz CT molecular complexity index is 405. The Kier molecular flexibility index (Phi) is 5.26. The van der Waals surface area contributed by atoms with Crippen molar-refractivity contribution in [3.63, 3.8) is 0 Å². The average molecular weight is 263 g/mol. The van der Waals surface area contributed by atoms with Gasteiger partial charge in [-0.05, 0) is 37.5 Å². The number of hydrogen-bond donors (Lipinski definition) is 0. The highest BCUT2D eigenvalue weighted by molar-refractivity contribution is 6.70. The molecular formula is C15H23BFNO. The van der Waals surface area contributed by atoms with Crippen molar-refractivity contribution in [1.29, 1.82) is 0 Å². The van der Waals surface area contributed by atoms with Crippen LogP contribution < -0.4 is 10.2 Å². The molecule has 1 aromatic rings. The smallest absolute Gasteiger partial charge is 0.173 e. The minimum Gasteiger partial charge on any atom is -0.492 e. The molecule has 0 N–H and O–H groups in total. The first-order valence-electron chi connectivity index (χ1n) is 7.31. The summed E-state index contributed by atoms with van der Waals surface area (Å²) in [4.78, 5) is 2.42. The second-order valence-electron chi connectivity index (χ2n) is 5.59. The highest BCUT2D eigenvalue weighted by Gasteiger charge is 2.11. The summed E-state index contributed by atoms with van der Waals surface area (Å²) < 4.78 is 19.4. The van der Waals surface area contributed by atoms with Crippen molar-refractivity contribution in [3.8, 4) is 5.75 Å². The molecule has 0 unspecified atom stereocenters. The highest BCUT2D eigenvalue weighted by Crippen LogP contribution is 2.12. The molecule has 1 aliphatic rings. The van der Waals surface area contributed by atoms with E-state index < -0.39 is 0 Å². The second kappa shape index (κ2) is 6.95. The summed E-state index contributed by atoms with van der Waals surface area (Å²) in [5, 5.41) is 0. The first kappa shape index (κ1) is 14.4. The number of likely N-dealkylation sites (tertiary alicyclic amines) is 1. The largest absolute Gasteiger partial charge is 0.492 e. The zero-order valence-electron chi connectivity index (χ0n) is 12.0. The molecule has 0 radical (unpaired) electrons. The van der Waals surface area contributed by atoms with Gasteiger partial charge < -0.3 is 4.74 Å². The summed E-state index contributed by atoms with van der Waals surface area (Å²) in [5.41, 5.74) is 0.753. The van der Waals surface area contributed by atoms with Gasteiger partial charge in [0.25, 0.3) is 0 Å². The summed E-state index contributed by atoms with van der Waals surface area (Å²) >= 11 is 0. The van der Waals surface area contributed by atoms with Crippen LogP contribution in [0.25, 0.3) is 0 Å². The number of ether oxygens (including phenoxy) is 1. The molecule has 4 heteroatoms. The van der Waals surface area contributed by atoms with Crippen LogP contribution in [0.5, 0.6) is 5.75 Å². The van der Waals surface area contributed by atoms with Gasteiger partial charge in [0, 0.05) is 12.6 Å². The molecule has 0 amide bonds. The standard InChI is InChI=1S/C15H23BFNO/c1-16(2)14-7-6-13(12-15(14)17)19-11-10-18-8-4-3-5-9-18/h6-7,12H,3-5,8-11H2,1-2H3. The predicted octanol–water partition coefficient (Wildman–Crippen LogP) is 2.65. The molecular weight excluding hydrogens is 240 g/mol. The van der Waals surface area contributed by atoms with Crippen LogP contribution in [0.15, 0.2) is 18.2 Å². The maximum atomic E-state index is 13.8. The van der Waals surface area contributed by atoms with Crippen molar-refractivity contribution in [3.05, 3.63) is 24.0 Å². The lowest BCUT2D eigenvalue weighted by Crippen LogP contribution is -2.33. The van der Waals surface area contributed by atoms with E-state index in [4.69, 9.17) is 4.74 Å². The third kappa shape index (κ3) is 4.24. The van der Waals surface area contributed by atoms with Gasteiger partial charge in [0.05, 0.1) is 0 Å². The molecule has 2 nitrogen and oxygen atoms in total. The van der Waals surface area contributed by atoms with E-state index in [1.54, 1.807) is 0 Å². The number of nitrogens with zero attached hydrogens (tertiary/aromatic N) is 1. The van der Waals surface area contributed by atoms with E-state index in [9.17, 15) is 4.39 Å². The van der Waals surface area contributed by atoms with Crippen LogP contribution in [-0.4, -0.2) is 37.9 Å². The van der Waals surface area contributed by atoms with Gasteiger partial charge in [0.1, 0.15) is 18.2 Å². The van der Waals surface area contributed by atoms with Crippen LogP contribution in [0.4, 0.5) is 4.39 Å². The molecule has 0 atom stereocenters. The Hall–Kier alpha value is -1.03. The lowest BCUT2D eigenvalue weighted by atomic mass is 9.49. The average Bonchev–Trinajstić information content (AvgIpc) is 2.39. The first-order valence-corrected chi connectivity index (χ1v) is 7.31. The van der Waals surface area contributed by atoms with E-state index in [1.165, 1.54) is 38.4 Å². The molecule has 2 rings (SSSR count). The summed E-state index contributed by atoms with van der Waals surface area (Å²) in [5.74, 6) is 0.476. The summed E-state index contributed by atoms with van der Waals surface area (Å²) in [6.07, 6.45) is 3.93. The normalized spacial score (nSPS) is 16.4. The molecule has 1 heterocycles. The quantitative estimate of drug-likeness (QED) is 0.757. The van der Waals surface area contributed by atoms with Crippen molar-refractivity contribution in [2.45, 2.75) is 32.9 Å². The Morgan fingerprint density at radius 1 is 1.21 bits per heavy atom. The fraction of sp³-hybridized carbons (Fsp3) is 0.600. The number of hydrogen-bond acceptors (Lipinski definition) is 2. The predicted molar refractivity (Wildman–Crippen MR) is 79.3 cm³/mol. The molecule has 1 saturated heterocycles. The maximum absolute atomic E-state index is 13.8. The van der Waals surface area contributed by atoms with Crippen LogP contribution in [0.2, 0.25) is 13.6 Å². The molecule has 0 bridgehead atoms. The SMILES string of the molecule is CB(C)c1ccc(OCCN2CCCCC2)cc1F. The molecule has 19 heavy (non-hydrogen) atoms. The maximum Gasteiger partial charge on any atom is 0.173 e. The van der Waals surface area contributed by atoms with Crippen molar-refractivity contribution in [2.75, 3.05) is 26.2 Å². The van der Waals surface area contributed by atoms with E-state index in [1.807, 2.05) is 25.8 Å². The fourth-order valence-electron chi connectivity index (χ4n) is 2.54. The topological polar surface area (TPSA) is 12.5 Å². The lowest BCUT2D eigenvalue weighted by Gasteiger charge is -2.26. The van der Waals surface area contributed by atoms with Crippen LogP contribution in [-0.2, 0) is 0 Å². The molecule has 0 aliphatic carbocycles. The Morgan fingerprint density at radius 2 is 1.95 bits per heavy atom. The molecule has 0 saturated carbocycles. The summed E-state index contributed by atoms with van der Waals surface area (Å²) in [6, 6.07) is 5.20. The number of halogens is 1. The van der Waals surface area contributed by atoms with E-state index in [-0.39, 0.29) is 12.5 Å². The van der Waals surface area contributed by atoms with E-state index in [2.05, 4.69) is 4.90 Å². The Morgan fingerprint density at radius 3 is 2.58 bits per heavy atom. The first-order chi connectivity index (χ1) is 9.16. The van der Waals surface area contributed by atoms with E-state index in [0.717, 1.165) is 12.0 Å². The Labute approximate surface area is 116 Å². The lowest BCUT2D eigenvalue weighted by molar-refractivity contribution is 0.183. The third-order valence-corrected chi connectivity index (χ3v) is 3.72. The van der Waals surface area contributed by atoms with Crippen molar-refractivity contribution >= 4 is 12.2 Å². The zero-order chi connectivity index (χ0) is 13.7. The zero-order valence-corrected chi connectivity index (χ0v) is 12.0. The van der Waals surface area contributed by atoms with Gasteiger partial charge in [-0.25, -0.2) is 4.39 Å².